The molecule has 10 atom stereocenters. The van der Waals surface area contributed by atoms with Crippen LogP contribution in [0.15, 0.2) is 11.8 Å². The van der Waals surface area contributed by atoms with Crippen molar-refractivity contribution in [3.8, 4) is 0 Å². The summed E-state index contributed by atoms with van der Waals surface area (Å²) >= 11 is 0. The molecule has 3 N–H and O–H groups in total. The van der Waals surface area contributed by atoms with E-state index in [0.29, 0.717) is 5.57 Å². The first-order chi connectivity index (χ1) is 21.0. The summed E-state index contributed by atoms with van der Waals surface area (Å²) in [5.74, 6) is -5.40. The highest BCUT2D eigenvalue weighted by molar-refractivity contribution is 5.70. The van der Waals surface area contributed by atoms with Gasteiger partial charge in [0.25, 0.3) is 0 Å². The van der Waals surface area contributed by atoms with Crippen LogP contribution in [0.3, 0.4) is 0 Å². The predicted octanol–water partition coefficient (Wildman–Crippen LogP) is -0.364. The Kier molecular flexibility index (Phi) is 12.3. The van der Waals surface area contributed by atoms with Crippen LogP contribution < -0.4 is 0 Å². The van der Waals surface area contributed by atoms with Gasteiger partial charge < -0.3 is 53.2 Å². The number of carbonyl (C=O) groups is 5. The molecule has 16 nitrogen and oxygen atoms in total. The molecule has 0 aromatic rings. The lowest BCUT2D eigenvalue weighted by Gasteiger charge is -2.42. The Bertz CT molecular complexity index is 1130. The molecule has 0 aromatic heterocycles. The molecule has 3 rings (SSSR count). The maximum atomic E-state index is 12.6. The average molecular weight is 647 g/mol. The summed E-state index contributed by atoms with van der Waals surface area (Å²) in [5.41, 5.74) is -1.70. The highest BCUT2D eigenvalue weighted by atomic mass is 16.7. The van der Waals surface area contributed by atoms with Crippen molar-refractivity contribution in [3.05, 3.63) is 11.8 Å². The van der Waals surface area contributed by atoms with E-state index in [1.807, 2.05) is 13.8 Å². The summed E-state index contributed by atoms with van der Waals surface area (Å²) in [6.07, 6.45) is -8.80. The van der Waals surface area contributed by atoms with E-state index >= 15 is 0 Å². The van der Waals surface area contributed by atoms with E-state index in [0.717, 1.165) is 27.7 Å². The molecule has 16 heteroatoms. The lowest BCUT2D eigenvalue weighted by Crippen LogP contribution is -2.60. The van der Waals surface area contributed by atoms with Gasteiger partial charge in [-0.25, -0.2) is 0 Å². The Morgan fingerprint density at radius 1 is 0.911 bits per heavy atom. The summed E-state index contributed by atoms with van der Waals surface area (Å²) < 4.78 is 43.6. The van der Waals surface area contributed by atoms with Crippen LogP contribution in [-0.4, -0.2) is 114 Å². The second-order valence-electron chi connectivity index (χ2n) is 11.7. The highest BCUT2D eigenvalue weighted by Crippen LogP contribution is 2.51. The zero-order valence-corrected chi connectivity index (χ0v) is 26.0. The molecule has 0 unspecified atom stereocenters. The van der Waals surface area contributed by atoms with Crippen molar-refractivity contribution in [1.29, 1.82) is 0 Å². The van der Waals surface area contributed by atoms with E-state index in [1.165, 1.54) is 6.26 Å². The third kappa shape index (κ3) is 9.13. The van der Waals surface area contributed by atoms with Crippen LogP contribution in [0.4, 0.5) is 0 Å². The average Bonchev–Trinajstić information content (AvgIpc) is 3.21. The van der Waals surface area contributed by atoms with E-state index in [2.05, 4.69) is 0 Å². The van der Waals surface area contributed by atoms with Crippen LogP contribution in [0.25, 0.3) is 0 Å². The van der Waals surface area contributed by atoms with Crippen molar-refractivity contribution in [2.75, 3.05) is 19.8 Å². The molecule has 0 bridgehead atoms. The Labute approximate surface area is 259 Å². The third-order valence-corrected chi connectivity index (χ3v) is 7.61. The summed E-state index contributed by atoms with van der Waals surface area (Å²) in [5, 5.41) is 33.1. The first-order valence-corrected chi connectivity index (χ1v) is 14.5. The predicted molar refractivity (Wildman–Crippen MR) is 146 cm³/mol. The molecule has 0 aromatic carbocycles. The van der Waals surface area contributed by atoms with Crippen LogP contribution in [0.5, 0.6) is 0 Å². The number of aliphatic hydroxyl groups is 3. The number of esters is 5. The van der Waals surface area contributed by atoms with Crippen LogP contribution in [0.2, 0.25) is 0 Å². The van der Waals surface area contributed by atoms with Crippen LogP contribution in [0.1, 0.15) is 54.4 Å². The minimum Gasteiger partial charge on any atom is -0.463 e. The van der Waals surface area contributed by atoms with Crippen molar-refractivity contribution >= 4 is 29.8 Å². The fourth-order valence-corrected chi connectivity index (χ4v) is 5.66. The van der Waals surface area contributed by atoms with Crippen molar-refractivity contribution in [3.63, 3.8) is 0 Å². The largest absolute Gasteiger partial charge is 0.463 e. The Hall–Kier alpha value is -3.31. The molecule has 2 fully saturated rings. The number of hydrogen-bond donors (Lipinski definition) is 3. The van der Waals surface area contributed by atoms with Gasteiger partial charge in [0.05, 0.1) is 18.8 Å². The summed E-state index contributed by atoms with van der Waals surface area (Å²) in [7, 11) is 0. The number of aliphatic hydroxyl groups excluding tert-OH is 2. The van der Waals surface area contributed by atoms with Gasteiger partial charge in [0.2, 0.25) is 6.29 Å². The molecular formula is C29H42O16. The quantitative estimate of drug-likeness (QED) is 0.182. The minimum atomic E-state index is -2.05. The first kappa shape index (κ1) is 36.2. The molecule has 2 heterocycles. The topological polar surface area (TPSA) is 220 Å². The lowest BCUT2D eigenvalue weighted by atomic mass is 9.80. The molecule has 254 valence electrons. The maximum Gasteiger partial charge on any atom is 0.309 e. The van der Waals surface area contributed by atoms with Gasteiger partial charge in [-0.15, -0.1) is 0 Å². The van der Waals surface area contributed by atoms with E-state index in [1.54, 1.807) is 0 Å². The standard InChI is InChI=1S/C29H42O16/c1-13(2)7-22(34)45-27-23-19(8-21(42-16(5)32)29(23,37)12-41-15(4)31)18(9-39-27)10-40-28-26(43-17(6)33)25(36)24(35)20(44-28)11-38-14(3)30/h9,13,19-21,23-28,35-37H,7-8,10-12H2,1-6H3/t19-,20-,21+,23-,24-,25+,26-,27+,28-,29-/m1/s1. The van der Waals surface area contributed by atoms with Gasteiger partial charge in [-0.2, -0.15) is 0 Å². The van der Waals surface area contributed by atoms with Gasteiger partial charge in [0, 0.05) is 40.0 Å². The normalized spacial score (nSPS) is 34.1. The van der Waals surface area contributed by atoms with E-state index < -0.39 is 104 Å². The molecule has 1 saturated heterocycles. The van der Waals surface area contributed by atoms with Crippen LogP contribution in [-0.2, 0) is 61.9 Å². The van der Waals surface area contributed by atoms with Crippen molar-refractivity contribution in [2.24, 2.45) is 17.8 Å². The van der Waals surface area contributed by atoms with Gasteiger partial charge in [-0.3, -0.25) is 24.0 Å². The second-order valence-corrected chi connectivity index (χ2v) is 11.7. The van der Waals surface area contributed by atoms with E-state index in [-0.39, 0.29) is 25.4 Å². The second kappa shape index (κ2) is 15.3. The van der Waals surface area contributed by atoms with Crippen molar-refractivity contribution < 1.29 is 77.2 Å². The highest BCUT2D eigenvalue weighted by Gasteiger charge is 2.63. The van der Waals surface area contributed by atoms with Crippen LogP contribution >= 0.6 is 0 Å². The minimum absolute atomic E-state index is 0.0197. The molecule has 0 spiro atoms. The zero-order chi connectivity index (χ0) is 33.6. The molecule has 2 aliphatic heterocycles. The molecule has 3 aliphatic rings. The zero-order valence-electron chi connectivity index (χ0n) is 26.0. The van der Waals surface area contributed by atoms with Gasteiger partial charge in [-0.1, -0.05) is 13.8 Å². The SMILES string of the molecule is CC(=O)OC[C@H]1O[C@@H](OCC2=CO[C@@H](OC(=O)CC(C)C)[C@H]3[C@@H]2C[C@H](OC(C)=O)[C@]3(O)COC(C)=O)[C@H](OC(C)=O)[C@@H](O)[C@@H]1O. The van der Waals surface area contributed by atoms with Gasteiger partial charge in [-0.05, 0) is 17.9 Å². The molecule has 1 saturated carbocycles. The summed E-state index contributed by atoms with van der Waals surface area (Å²) in [4.78, 5) is 59.5. The molecule has 0 radical (unpaired) electrons. The Balaban J connectivity index is 1.92. The third-order valence-electron chi connectivity index (χ3n) is 7.61. The number of hydrogen-bond acceptors (Lipinski definition) is 16. The lowest BCUT2D eigenvalue weighted by molar-refractivity contribution is -0.303. The van der Waals surface area contributed by atoms with Gasteiger partial charge in [0.15, 0.2) is 12.4 Å². The van der Waals surface area contributed by atoms with Gasteiger partial charge >= 0.3 is 29.8 Å². The van der Waals surface area contributed by atoms with E-state index in [4.69, 9.17) is 37.9 Å². The molecule has 0 amide bonds. The maximum absolute atomic E-state index is 12.6. The Morgan fingerprint density at radius 3 is 2.13 bits per heavy atom. The molecule has 1 aliphatic carbocycles. The smallest absolute Gasteiger partial charge is 0.309 e. The fourth-order valence-electron chi connectivity index (χ4n) is 5.66. The first-order valence-electron chi connectivity index (χ1n) is 14.5. The fraction of sp³-hybridized carbons (Fsp3) is 0.759. The van der Waals surface area contributed by atoms with Gasteiger partial charge in [0.1, 0.15) is 43.2 Å². The number of ether oxygens (including phenoxy) is 8. The number of fused-ring (bicyclic) bond motifs is 1. The van der Waals surface area contributed by atoms with Crippen molar-refractivity contribution in [1.82, 2.24) is 0 Å². The Morgan fingerprint density at radius 2 is 1.56 bits per heavy atom. The van der Waals surface area contributed by atoms with Crippen molar-refractivity contribution in [2.45, 2.75) is 103 Å². The number of carbonyl (C=O) groups excluding carboxylic acids is 5. The van der Waals surface area contributed by atoms with Crippen LogP contribution in [0, 0.1) is 17.8 Å². The van der Waals surface area contributed by atoms with E-state index in [9.17, 15) is 39.3 Å². The number of rotatable bonds is 12. The molecule has 45 heavy (non-hydrogen) atoms. The summed E-state index contributed by atoms with van der Waals surface area (Å²) in [6, 6.07) is 0. The summed E-state index contributed by atoms with van der Waals surface area (Å²) in [6.45, 7) is 6.75. The monoisotopic (exact) mass is 646 g/mol. The molecular weight excluding hydrogens is 604 g/mol.